The number of fused-ring (bicyclic) bond motifs is 3. The van der Waals surface area contributed by atoms with Crippen molar-refractivity contribution in [3.63, 3.8) is 0 Å². The summed E-state index contributed by atoms with van der Waals surface area (Å²) >= 11 is 0. The number of pyridine rings is 1. The highest BCUT2D eigenvalue weighted by Crippen LogP contribution is 2.38. The van der Waals surface area contributed by atoms with Gasteiger partial charge in [0, 0.05) is 50.2 Å². The Balaban J connectivity index is 1.29. The van der Waals surface area contributed by atoms with Gasteiger partial charge in [-0.05, 0) is 49.4 Å². The zero-order valence-corrected chi connectivity index (χ0v) is 22.6. The molecule has 1 aromatic carbocycles. The van der Waals surface area contributed by atoms with Crippen LogP contribution in [0.3, 0.4) is 0 Å². The monoisotopic (exact) mass is 530 g/mol. The highest BCUT2D eigenvalue weighted by Gasteiger charge is 2.34. The van der Waals surface area contributed by atoms with E-state index in [0.717, 1.165) is 59.7 Å². The number of nitrogens with zero attached hydrogens (tertiary/aromatic N) is 5. The third-order valence-corrected chi connectivity index (χ3v) is 8.37. The fraction of sp³-hybridized carbons (Fsp3) is 0.483. The Morgan fingerprint density at radius 1 is 1.13 bits per heavy atom. The highest BCUT2D eigenvalue weighted by atomic mass is 16.5. The van der Waals surface area contributed by atoms with Crippen LogP contribution in [-0.4, -0.2) is 82.5 Å². The molecule has 1 N–H and O–H groups in total. The number of imidazole rings is 1. The first-order valence-corrected chi connectivity index (χ1v) is 13.8. The van der Waals surface area contributed by atoms with E-state index in [1.54, 1.807) is 14.2 Å². The molecule has 1 aliphatic carbocycles. The molecule has 0 unspecified atom stereocenters. The van der Waals surface area contributed by atoms with Gasteiger partial charge in [0.2, 0.25) is 5.88 Å². The van der Waals surface area contributed by atoms with Crippen LogP contribution in [0.15, 0.2) is 30.3 Å². The molecule has 0 radical (unpaired) electrons. The van der Waals surface area contributed by atoms with Crippen LogP contribution in [0.25, 0.3) is 33.6 Å². The normalized spacial score (nSPS) is 21.4. The summed E-state index contributed by atoms with van der Waals surface area (Å²) in [6.45, 7) is 3.74. The Labute approximate surface area is 226 Å². The number of piperidine rings is 1. The van der Waals surface area contributed by atoms with E-state index < -0.39 is 0 Å². The third kappa shape index (κ3) is 4.22. The number of likely N-dealkylation sites (tertiary alicyclic amines) is 1. The molecule has 2 aliphatic heterocycles. The van der Waals surface area contributed by atoms with Crippen molar-refractivity contribution < 1.29 is 19.0 Å². The molecule has 1 saturated carbocycles. The minimum absolute atomic E-state index is 0.00707. The van der Waals surface area contributed by atoms with Gasteiger partial charge in [-0.2, -0.15) is 4.98 Å². The number of hydrogen-bond acceptors (Lipinski definition) is 7. The van der Waals surface area contributed by atoms with Crippen molar-refractivity contribution in [3.8, 4) is 23.1 Å². The summed E-state index contributed by atoms with van der Waals surface area (Å²) in [6, 6.07) is 10.00. The Bertz CT molecular complexity index is 1570. The number of aryl methyl sites for hydroxylation is 1. The quantitative estimate of drug-likeness (QED) is 0.409. The van der Waals surface area contributed by atoms with Crippen molar-refractivity contribution in [3.05, 3.63) is 35.9 Å². The van der Waals surface area contributed by atoms with Crippen LogP contribution < -0.4 is 14.8 Å². The number of nitrogens with one attached hydrogen (secondary N) is 1. The third-order valence-electron chi connectivity index (χ3n) is 8.37. The molecule has 3 aromatic heterocycles. The fourth-order valence-corrected chi connectivity index (χ4v) is 6.12. The largest absolute Gasteiger partial charge is 0.494 e. The molecule has 39 heavy (non-hydrogen) atoms. The second kappa shape index (κ2) is 9.53. The van der Waals surface area contributed by atoms with Gasteiger partial charge >= 0.3 is 0 Å². The van der Waals surface area contributed by atoms with Gasteiger partial charge in [0.1, 0.15) is 16.9 Å². The maximum Gasteiger partial charge on any atom is 0.254 e. The zero-order valence-electron chi connectivity index (χ0n) is 22.6. The van der Waals surface area contributed by atoms with Gasteiger partial charge in [-0.15, -0.1) is 0 Å². The van der Waals surface area contributed by atoms with Crippen molar-refractivity contribution in [2.24, 2.45) is 13.0 Å². The minimum atomic E-state index is -0.00707. The zero-order chi connectivity index (χ0) is 26.7. The minimum Gasteiger partial charge on any atom is -0.494 e. The van der Waals surface area contributed by atoms with Crippen molar-refractivity contribution >= 4 is 28.0 Å². The average Bonchev–Trinajstić information content (AvgIpc) is 3.65. The van der Waals surface area contributed by atoms with Crippen LogP contribution in [0.1, 0.15) is 29.6 Å². The molecule has 3 aliphatic rings. The fourth-order valence-electron chi connectivity index (χ4n) is 6.12. The molecule has 4 aromatic rings. The standard InChI is InChI=1S/C29H34N6O4/c1-33-26-20(12-19(14-24(26)37-2)29(36)34-10-8-23-21(16-34)30-9-11-39-23)31-28(33)22-13-18-6-7-25(38-3)32-27(18)35(22)15-17-4-5-17/h6-7,12-14,17,21,23,30H,4-5,8-11,15-16H2,1-3H3/t21-,23+/m1/s1. The predicted molar refractivity (Wildman–Crippen MR) is 147 cm³/mol. The first kappa shape index (κ1) is 24.4. The Hall–Kier alpha value is -3.63. The lowest BCUT2D eigenvalue weighted by molar-refractivity contribution is -0.0383. The lowest BCUT2D eigenvalue weighted by atomic mass is 9.99. The summed E-state index contributed by atoms with van der Waals surface area (Å²) in [5.74, 6) is 2.69. The van der Waals surface area contributed by atoms with Crippen LogP contribution in [0, 0.1) is 5.92 Å². The Kier molecular flexibility index (Phi) is 5.97. The molecule has 5 heterocycles. The summed E-state index contributed by atoms with van der Waals surface area (Å²) in [5.41, 5.74) is 4.08. The first-order chi connectivity index (χ1) is 19.0. The second-order valence-electron chi connectivity index (χ2n) is 10.9. The van der Waals surface area contributed by atoms with Crippen LogP contribution in [-0.2, 0) is 18.3 Å². The smallest absolute Gasteiger partial charge is 0.254 e. The van der Waals surface area contributed by atoms with Crippen LogP contribution in [0.4, 0.5) is 0 Å². The second-order valence-corrected chi connectivity index (χ2v) is 10.9. The van der Waals surface area contributed by atoms with E-state index in [-0.39, 0.29) is 18.1 Å². The lowest BCUT2D eigenvalue weighted by Crippen LogP contribution is -2.59. The van der Waals surface area contributed by atoms with E-state index in [4.69, 9.17) is 24.2 Å². The van der Waals surface area contributed by atoms with E-state index in [2.05, 4.69) is 20.5 Å². The van der Waals surface area contributed by atoms with Gasteiger partial charge < -0.3 is 33.6 Å². The first-order valence-electron chi connectivity index (χ1n) is 13.8. The number of aromatic nitrogens is 4. The molecule has 0 spiro atoms. The van der Waals surface area contributed by atoms with Crippen molar-refractivity contribution in [2.75, 3.05) is 40.5 Å². The molecular weight excluding hydrogens is 496 g/mol. The SMILES string of the molecule is COc1ccc2cc(-c3nc4cc(C(=O)N5CC[C@@H]6OCCN[C@@H]6C5)cc(OC)c4n3C)n(CC3CC3)c2n1. The number of carbonyl (C=O) groups excluding carboxylic acids is 1. The van der Waals surface area contributed by atoms with Gasteiger partial charge in [0.25, 0.3) is 5.91 Å². The van der Waals surface area contributed by atoms with E-state index in [9.17, 15) is 4.79 Å². The highest BCUT2D eigenvalue weighted by molar-refractivity contribution is 6.00. The summed E-state index contributed by atoms with van der Waals surface area (Å²) < 4.78 is 21.5. The molecule has 7 rings (SSSR count). The average molecular weight is 531 g/mol. The maximum absolute atomic E-state index is 13.7. The van der Waals surface area contributed by atoms with E-state index in [0.29, 0.717) is 36.2 Å². The van der Waals surface area contributed by atoms with Crippen molar-refractivity contribution in [1.29, 1.82) is 0 Å². The van der Waals surface area contributed by atoms with Gasteiger partial charge in [0.15, 0.2) is 5.82 Å². The number of morpholine rings is 1. The van der Waals surface area contributed by atoms with Gasteiger partial charge in [-0.25, -0.2) is 4.98 Å². The van der Waals surface area contributed by atoms with Crippen molar-refractivity contribution in [2.45, 2.75) is 38.0 Å². The van der Waals surface area contributed by atoms with E-state index in [1.165, 1.54) is 12.8 Å². The molecule has 204 valence electrons. The molecule has 10 heteroatoms. The Morgan fingerprint density at radius 3 is 2.79 bits per heavy atom. The van der Waals surface area contributed by atoms with Gasteiger partial charge in [0.05, 0.1) is 44.2 Å². The van der Waals surface area contributed by atoms with E-state index in [1.807, 2.05) is 36.2 Å². The Morgan fingerprint density at radius 2 is 2.00 bits per heavy atom. The number of ether oxygens (including phenoxy) is 3. The lowest BCUT2D eigenvalue weighted by Gasteiger charge is -2.41. The number of benzene rings is 1. The van der Waals surface area contributed by atoms with E-state index >= 15 is 0 Å². The maximum atomic E-state index is 13.7. The summed E-state index contributed by atoms with van der Waals surface area (Å²) in [6.07, 6.45) is 3.46. The molecule has 2 saturated heterocycles. The van der Waals surface area contributed by atoms with Crippen LogP contribution >= 0.6 is 0 Å². The summed E-state index contributed by atoms with van der Waals surface area (Å²) in [5, 5.41) is 4.55. The molecule has 0 bridgehead atoms. The predicted octanol–water partition coefficient (Wildman–Crippen LogP) is 3.22. The van der Waals surface area contributed by atoms with Gasteiger partial charge in [-0.3, -0.25) is 4.79 Å². The molecule has 1 amide bonds. The van der Waals surface area contributed by atoms with Crippen LogP contribution in [0.5, 0.6) is 11.6 Å². The number of hydrogen-bond donors (Lipinski definition) is 1. The molecule has 2 atom stereocenters. The number of methoxy groups -OCH3 is 2. The molecule has 10 nitrogen and oxygen atoms in total. The number of carbonyl (C=O) groups is 1. The molecular formula is C29H34N6O4. The topological polar surface area (TPSA) is 95.7 Å². The number of amides is 1. The summed E-state index contributed by atoms with van der Waals surface area (Å²) in [4.78, 5) is 25.4. The van der Waals surface area contributed by atoms with Gasteiger partial charge in [-0.1, -0.05) is 0 Å². The molecule has 3 fully saturated rings. The van der Waals surface area contributed by atoms with Crippen LogP contribution in [0.2, 0.25) is 0 Å². The summed E-state index contributed by atoms with van der Waals surface area (Å²) in [7, 11) is 5.29. The van der Waals surface area contributed by atoms with Crippen molar-refractivity contribution in [1.82, 2.24) is 29.3 Å². The number of rotatable bonds is 6.